The fourth-order valence-corrected chi connectivity index (χ4v) is 3.95. The molecular formula is C15H21N3S. The average molecular weight is 275 g/mol. The first-order valence-electron chi connectivity index (χ1n) is 7.13. The Hall–Kier alpha value is -1.13. The van der Waals surface area contributed by atoms with Gasteiger partial charge in [-0.05, 0) is 43.2 Å². The molecule has 0 amide bonds. The van der Waals surface area contributed by atoms with Crippen LogP contribution in [0.5, 0.6) is 0 Å². The van der Waals surface area contributed by atoms with Crippen molar-refractivity contribution in [2.75, 3.05) is 0 Å². The normalized spacial score (nSPS) is 19.6. The molecule has 2 heterocycles. The van der Waals surface area contributed by atoms with E-state index in [1.165, 1.54) is 36.3 Å². The number of aromatic amines is 1. The lowest BCUT2D eigenvalue weighted by Crippen LogP contribution is -2.29. The Kier molecular flexibility index (Phi) is 3.99. The minimum absolute atomic E-state index is 0.315. The van der Waals surface area contributed by atoms with Crippen molar-refractivity contribution in [1.82, 2.24) is 15.5 Å². The van der Waals surface area contributed by atoms with E-state index in [-0.39, 0.29) is 0 Å². The summed E-state index contributed by atoms with van der Waals surface area (Å²) in [6, 6.07) is 7.28. The molecule has 2 N–H and O–H groups in total. The number of nitrogens with one attached hydrogen (secondary N) is 2. The third-order valence-electron chi connectivity index (χ3n) is 4.14. The van der Waals surface area contributed by atoms with E-state index in [9.17, 15) is 0 Å². The van der Waals surface area contributed by atoms with E-state index in [1.54, 1.807) is 0 Å². The van der Waals surface area contributed by atoms with Crippen molar-refractivity contribution in [3.8, 4) is 0 Å². The van der Waals surface area contributed by atoms with Crippen LogP contribution in [0.15, 0.2) is 29.8 Å². The van der Waals surface area contributed by atoms with Crippen LogP contribution < -0.4 is 5.32 Å². The standard InChI is InChI=1S/C15H21N3S/c1-11(13-8-9-16-18-13)17-15(12-5-2-3-6-12)14-7-4-10-19-14/h4,7-12,15,17H,2-3,5-6H2,1H3,(H,16,18). The van der Waals surface area contributed by atoms with Crippen LogP contribution in [0.25, 0.3) is 0 Å². The van der Waals surface area contributed by atoms with E-state index < -0.39 is 0 Å². The molecule has 3 rings (SSSR count). The fourth-order valence-electron chi connectivity index (χ4n) is 3.08. The molecule has 1 aliphatic rings. The lowest BCUT2D eigenvalue weighted by Gasteiger charge is -2.27. The molecule has 19 heavy (non-hydrogen) atoms. The summed E-state index contributed by atoms with van der Waals surface area (Å²) in [4.78, 5) is 1.47. The van der Waals surface area contributed by atoms with Crippen molar-refractivity contribution >= 4 is 11.3 Å². The highest BCUT2D eigenvalue weighted by molar-refractivity contribution is 7.10. The summed E-state index contributed by atoms with van der Waals surface area (Å²) >= 11 is 1.87. The second kappa shape index (κ2) is 5.88. The number of nitrogens with zero attached hydrogens (tertiary/aromatic N) is 1. The monoisotopic (exact) mass is 275 g/mol. The molecule has 0 aromatic carbocycles. The maximum absolute atomic E-state index is 4.05. The van der Waals surface area contributed by atoms with E-state index in [0.29, 0.717) is 12.1 Å². The lowest BCUT2D eigenvalue weighted by atomic mass is 9.95. The third kappa shape index (κ3) is 2.90. The van der Waals surface area contributed by atoms with Gasteiger partial charge in [0.05, 0.1) is 5.69 Å². The van der Waals surface area contributed by atoms with Gasteiger partial charge in [0.15, 0.2) is 0 Å². The fraction of sp³-hybridized carbons (Fsp3) is 0.533. The minimum Gasteiger partial charge on any atom is -0.301 e. The summed E-state index contributed by atoms with van der Waals surface area (Å²) in [6.45, 7) is 2.21. The predicted molar refractivity (Wildman–Crippen MR) is 79.2 cm³/mol. The molecule has 2 aromatic heterocycles. The molecule has 1 fully saturated rings. The van der Waals surface area contributed by atoms with E-state index in [2.05, 4.69) is 46.0 Å². The smallest absolute Gasteiger partial charge is 0.0518 e. The maximum Gasteiger partial charge on any atom is 0.0518 e. The zero-order valence-electron chi connectivity index (χ0n) is 11.3. The highest BCUT2D eigenvalue weighted by atomic mass is 32.1. The molecule has 0 spiro atoms. The summed E-state index contributed by atoms with van der Waals surface area (Å²) in [7, 11) is 0. The summed E-state index contributed by atoms with van der Waals surface area (Å²) in [5.74, 6) is 0.782. The summed E-state index contributed by atoms with van der Waals surface area (Å²) in [6.07, 6.45) is 7.29. The highest BCUT2D eigenvalue weighted by Crippen LogP contribution is 2.38. The van der Waals surface area contributed by atoms with Gasteiger partial charge < -0.3 is 5.32 Å². The van der Waals surface area contributed by atoms with E-state index in [0.717, 1.165) is 5.92 Å². The SMILES string of the molecule is CC(NC(c1cccs1)C1CCCC1)c1ccn[nH]1. The Morgan fingerprint density at radius 3 is 2.84 bits per heavy atom. The first kappa shape index (κ1) is 12.9. The van der Waals surface area contributed by atoms with Gasteiger partial charge in [-0.25, -0.2) is 0 Å². The van der Waals surface area contributed by atoms with Gasteiger partial charge in [-0.3, -0.25) is 5.10 Å². The van der Waals surface area contributed by atoms with Gasteiger partial charge in [-0.2, -0.15) is 5.10 Å². The van der Waals surface area contributed by atoms with Gasteiger partial charge in [-0.1, -0.05) is 18.9 Å². The molecule has 2 atom stereocenters. The summed E-state index contributed by atoms with van der Waals surface area (Å²) in [5.41, 5.74) is 1.17. The van der Waals surface area contributed by atoms with E-state index in [4.69, 9.17) is 0 Å². The molecule has 0 bridgehead atoms. The molecule has 0 saturated heterocycles. The third-order valence-corrected chi connectivity index (χ3v) is 5.09. The largest absolute Gasteiger partial charge is 0.301 e. The lowest BCUT2D eigenvalue weighted by molar-refractivity contribution is 0.340. The Balaban J connectivity index is 1.75. The number of aromatic nitrogens is 2. The Morgan fingerprint density at radius 2 is 2.21 bits per heavy atom. The molecule has 1 aliphatic carbocycles. The molecule has 0 aliphatic heterocycles. The average Bonchev–Trinajstić information content (AvgIpc) is 3.17. The first-order chi connectivity index (χ1) is 9.34. The molecule has 3 nitrogen and oxygen atoms in total. The molecule has 2 aromatic rings. The Bertz CT molecular complexity index is 471. The number of hydrogen-bond acceptors (Lipinski definition) is 3. The van der Waals surface area contributed by atoms with Crippen LogP contribution in [0.3, 0.4) is 0 Å². The first-order valence-corrected chi connectivity index (χ1v) is 8.01. The van der Waals surface area contributed by atoms with Crippen LogP contribution in [0.1, 0.15) is 55.3 Å². The van der Waals surface area contributed by atoms with Crippen LogP contribution in [-0.2, 0) is 0 Å². The van der Waals surface area contributed by atoms with Crippen molar-refractivity contribution in [2.45, 2.75) is 44.7 Å². The van der Waals surface area contributed by atoms with Crippen molar-refractivity contribution in [3.05, 3.63) is 40.3 Å². The topological polar surface area (TPSA) is 40.7 Å². The van der Waals surface area contributed by atoms with Crippen molar-refractivity contribution in [3.63, 3.8) is 0 Å². The van der Waals surface area contributed by atoms with Gasteiger partial charge in [0.25, 0.3) is 0 Å². The molecule has 4 heteroatoms. The number of rotatable bonds is 5. The second-order valence-corrected chi connectivity index (χ2v) is 6.42. The summed E-state index contributed by atoms with van der Waals surface area (Å²) < 4.78 is 0. The van der Waals surface area contributed by atoms with E-state index in [1.807, 2.05) is 17.5 Å². The zero-order chi connectivity index (χ0) is 13.1. The minimum atomic E-state index is 0.315. The van der Waals surface area contributed by atoms with Crippen LogP contribution in [0.4, 0.5) is 0 Å². The summed E-state index contributed by atoms with van der Waals surface area (Å²) in [5, 5.41) is 13.1. The van der Waals surface area contributed by atoms with Crippen LogP contribution in [-0.4, -0.2) is 10.2 Å². The molecule has 1 saturated carbocycles. The molecule has 102 valence electrons. The zero-order valence-corrected chi connectivity index (χ0v) is 12.1. The van der Waals surface area contributed by atoms with Crippen LogP contribution >= 0.6 is 11.3 Å². The van der Waals surface area contributed by atoms with Gasteiger partial charge in [0.2, 0.25) is 0 Å². The van der Waals surface area contributed by atoms with E-state index >= 15 is 0 Å². The van der Waals surface area contributed by atoms with Gasteiger partial charge in [0.1, 0.15) is 0 Å². The van der Waals surface area contributed by atoms with Crippen molar-refractivity contribution < 1.29 is 0 Å². The van der Waals surface area contributed by atoms with Crippen LogP contribution in [0.2, 0.25) is 0 Å². The predicted octanol–water partition coefficient (Wildman–Crippen LogP) is 4.05. The second-order valence-electron chi connectivity index (χ2n) is 5.44. The number of H-pyrrole nitrogens is 1. The van der Waals surface area contributed by atoms with Crippen LogP contribution in [0, 0.1) is 5.92 Å². The van der Waals surface area contributed by atoms with Gasteiger partial charge in [0, 0.05) is 23.2 Å². The highest BCUT2D eigenvalue weighted by Gasteiger charge is 2.28. The number of hydrogen-bond donors (Lipinski definition) is 2. The molecule has 2 unspecified atom stereocenters. The Labute approximate surface area is 118 Å². The quantitative estimate of drug-likeness (QED) is 0.864. The Morgan fingerprint density at radius 1 is 1.37 bits per heavy atom. The van der Waals surface area contributed by atoms with Gasteiger partial charge in [-0.15, -0.1) is 11.3 Å². The van der Waals surface area contributed by atoms with Gasteiger partial charge >= 0.3 is 0 Å². The van der Waals surface area contributed by atoms with Crippen molar-refractivity contribution in [1.29, 1.82) is 0 Å². The molecule has 0 radical (unpaired) electrons. The van der Waals surface area contributed by atoms with Crippen molar-refractivity contribution in [2.24, 2.45) is 5.92 Å². The maximum atomic E-state index is 4.05. The molecular weight excluding hydrogens is 254 g/mol. The number of thiophene rings is 1.